The van der Waals surface area contributed by atoms with Crippen LogP contribution >= 0.6 is 0 Å². The molecule has 1 atom stereocenters. The van der Waals surface area contributed by atoms with Crippen molar-refractivity contribution in [2.24, 2.45) is 0 Å². The molecule has 0 aliphatic carbocycles. The van der Waals surface area contributed by atoms with Crippen LogP contribution in [0.1, 0.15) is 18.9 Å². The predicted octanol–water partition coefficient (Wildman–Crippen LogP) is 0.959. The third kappa shape index (κ3) is 5.56. The van der Waals surface area contributed by atoms with Crippen LogP contribution in [0.3, 0.4) is 0 Å². The number of hydrogen-bond donors (Lipinski definition) is 2. The Morgan fingerprint density at radius 2 is 2.04 bits per heavy atom. The number of nitrogens with one attached hydrogen (secondary N) is 2. The molecule has 1 unspecified atom stereocenters. The van der Waals surface area contributed by atoms with Gasteiger partial charge in [-0.05, 0) is 25.0 Å². The van der Waals surface area contributed by atoms with Crippen LogP contribution in [-0.2, 0) is 25.8 Å². The second-order valence-corrected chi connectivity index (χ2v) is 8.44. The average molecular weight is 390 g/mol. The summed E-state index contributed by atoms with van der Waals surface area (Å²) in [6.45, 7) is 1.69. The number of benzene rings is 1. The molecule has 2 rings (SSSR count). The first-order valence-electron chi connectivity index (χ1n) is 8.48. The van der Waals surface area contributed by atoms with Gasteiger partial charge in [-0.25, -0.2) is 13.3 Å². The third-order valence-corrected chi connectivity index (χ3v) is 5.04. The number of aromatic amines is 1. The lowest BCUT2D eigenvalue weighted by Crippen LogP contribution is -2.50. The van der Waals surface area contributed by atoms with E-state index in [1.165, 1.54) is 0 Å². The van der Waals surface area contributed by atoms with Crippen molar-refractivity contribution in [2.75, 3.05) is 18.6 Å². The number of aromatic nitrogens is 1. The standard InChI is InChI=1S/C18H22N4O4S/c1-3-22(12-19)18(24)16(11-27(2,25)26)21-17(23)9-8-13-10-20-15-7-5-4-6-14(13)15/h4-7,10,16,20H,3,8-9,11H2,1-2H3,(H,21,23). The van der Waals surface area contributed by atoms with Crippen molar-refractivity contribution in [3.8, 4) is 6.19 Å². The summed E-state index contributed by atoms with van der Waals surface area (Å²) in [6.07, 6.45) is 5.03. The van der Waals surface area contributed by atoms with Gasteiger partial charge in [-0.2, -0.15) is 5.26 Å². The van der Waals surface area contributed by atoms with Crippen LogP contribution in [-0.4, -0.2) is 54.7 Å². The second kappa shape index (κ2) is 8.68. The van der Waals surface area contributed by atoms with E-state index in [0.717, 1.165) is 27.6 Å². The zero-order valence-electron chi connectivity index (χ0n) is 15.2. The van der Waals surface area contributed by atoms with Crippen molar-refractivity contribution in [1.29, 1.82) is 5.26 Å². The topological polar surface area (TPSA) is 123 Å². The van der Waals surface area contributed by atoms with Gasteiger partial charge in [-0.1, -0.05) is 18.2 Å². The van der Waals surface area contributed by atoms with Crippen LogP contribution in [0.15, 0.2) is 30.5 Å². The second-order valence-electron chi connectivity index (χ2n) is 6.25. The highest BCUT2D eigenvalue weighted by molar-refractivity contribution is 7.90. The Morgan fingerprint density at radius 1 is 1.33 bits per heavy atom. The van der Waals surface area contributed by atoms with Crippen molar-refractivity contribution < 1.29 is 18.0 Å². The molecule has 1 heterocycles. The molecule has 2 N–H and O–H groups in total. The van der Waals surface area contributed by atoms with Gasteiger partial charge in [0, 0.05) is 36.3 Å². The third-order valence-electron chi connectivity index (χ3n) is 4.10. The number of sulfone groups is 1. The zero-order chi connectivity index (χ0) is 20.0. The van der Waals surface area contributed by atoms with E-state index in [1.54, 1.807) is 13.1 Å². The van der Waals surface area contributed by atoms with Gasteiger partial charge >= 0.3 is 0 Å². The first-order chi connectivity index (χ1) is 12.7. The molecule has 0 spiro atoms. The van der Waals surface area contributed by atoms with Gasteiger partial charge in [-0.3, -0.25) is 9.59 Å². The van der Waals surface area contributed by atoms with Gasteiger partial charge in [-0.15, -0.1) is 0 Å². The summed E-state index contributed by atoms with van der Waals surface area (Å²) in [5.74, 6) is -1.73. The summed E-state index contributed by atoms with van der Waals surface area (Å²) in [6, 6.07) is 6.41. The Balaban J connectivity index is 2.06. The number of likely N-dealkylation sites (N-methyl/N-ethyl adjacent to an activating group) is 1. The number of hydrogen-bond acceptors (Lipinski definition) is 5. The average Bonchev–Trinajstić information content (AvgIpc) is 3.02. The molecule has 0 saturated heterocycles. The Hall–Kier alpha value is -2.86. The minimum absolute atomic E-state index is 0.0913. The fourth-order valence-electron chi connectivity index (χ4n) is 2.79. The quantitative estimate of drug-likeness (QED) is 0.513. The van der Waals surface area contributed by atoms with E-state index in [1.807, 2.05) is 30.5 Å². The van der Waals surface area contributed by atoms with Gasteiger partial charge < -0.3 is 10.3 Å². The number of rotatable bonds is 8. The van der Waals surface area contributed by atoms with Gasteiger partial charge in [0.15, 0.2) is 6.19 Å². The SMILES string of the molecule is CCN(C#N)C(=O)C(CS(C)(=O)=O)NC(=O)CCc1c[nH]c2ccccc12. The highest BCUT2D eigenvalue weighted by Crippen LogP contribution is 2.18. The van der Waals surface area contributed by atoms with E-state index in [9.17, 15) is 18.0 Å². The van der Waals surface area contributed by atoms with Crippen molar-refractivity contribution in [3.05, 3.63) is 36.0 Å². The fourth-order valence-corrected chi connectivity index (χ4v) is 3.63. The molecular formula is C18H22N4O4S. The molecule has 2 aromatic rings. The Labute approximate surface area is 158 Å². The van der Waals surface area contributed by atoms with Crippen molar-refractivity contribution in [3.63, 3.8) is 0 Å². The molecule has 9 heteroatoms. The molecule has 0 saturated carbocycles. The van der Waals surface area contributed by atoms with Crippen molar-refractivity contribution >= 4 is 32.6 Å². The van der Waals surface area contributed by atoms with Gasteiger partial charge in [0.25, 0.3) is 5.91 Å². The molecular weight excluding hydrogens is 368 g/mol. The predicted molar refractivity (Wildman–Crippen MR) is 101 cm³/mol. The number of nitrogens with zero attached hydrogens (tertiary/aromatic N) is 2. The van der Waals surface area contributed by atoms with Crippen LogP contribution in [0.5, 0.6) is 0 Å². The molecule has 1 aromatic carbocycles. The summed E-state index contributed by atoms with van der Waals surface area (Å²) in [7, 11) is -3.53. The normalized spacial score (nSPS) is 12.3. The van der Waals surface area contributed by atoms with Crippen molar-refractivity contribution in [1.82, 2.24) is 15.2 Å². The summed E-state index contributed by atoms with van der Waals surface area (Å²) in [4.78, 5) is 28.6. The molecule has 2 amide bonds. The number of carbonyl (C=O) groups is 2. The number of nitriles is 1. The lowest BCUT2D eigenvalue weighted by molar-refractivity contribution is -0.133. The maximum atomic E-state index is 12.3. The number of aryl methyl sites for hydroxylation is 1. The zero-order valence-corrected chi connectivity index (χ0v) is 16.0. The monoisotopic (exact) mass is 390 g/mol. The van der Waals surface area contributed by atoms with E-state index in [-0.39, 0.29) is 13.0 Å². The van der Waals surface area contributed by atoms with E-state index < -0.39 is 33.4 Å². The van der Waals surface area contributed by atoms with Gasteiger partial charge in [0.1, 0.15) is 15.9 Å². The smallest absolute Gasteiger partial charge is 0.259 e. The number of amides is 2. The summed E-state index contributed by atoms with van der Waals surface area (Å²) < 4.78 is 23.2. The van der Waals surface area contributed by atoms with Gasteiger partial charge in [0.05, 0.1) is 5.75 Å². The highest BCUT2D eigenvalue weighted by Gasteiger charge is 2.28. The molecule has 1 aromatic heterocycles. The summed E-state index contributed by atoms with van der Waals surface area (Å²) in [5.41, 5.74) is 1.92. The molecule has 0 aliphatic heterocycles. The molecule has 0 fully saturated rings. The Morgan fingerprint density at radius 3 is 2.67 bits per heavy atom. The number of fused-ring (bicyclic) bond motifs is 1. The summed E-state index contributed by atoms with van der Waals surface area (Å²) >= 11 is 0. The molecule has 0 radical (unpaired) electrons. The molecule has 8 nitrogen and oxygen atoms in total. The first kappa shape index (κ1) is 20.5. The molecule has 0 bridgehead atoms. The van der Waals surface area contributed by atoms with E-state index in [0.29, 0.717) is 6.42 Å². The Kier molecular flexibility index (Phi) is 6.58. The molecule has 144 valence electrons. The van der Waals surface area contributed by atoms with Crippen LogP contribution < -0.4 is 5.32 Å². The molecule has 0 aliphatic rings. The first-order valence-corrected chi connectivity index (χ1v) is 10.5. The number of H-pyrrole nitrogens is 1. The maximum Gasteiger partial charge on any atom is 0.259 e. The lowest BCUT2D eigenvalue weighted by atomic mass is 10.1. The van der Waals surface area contributed by atoms with E-state index in [4.69, 9.17) is 5.26 Å². The van der Waals surface area contributed by atoms with E-state index >= 15 is 0 Å². The summed E-state index contributed by atoms with van der Waals surface area (Å²) in [5, 5.41) is 12.5. The minimum atomic E-state index is -3.53. The molecule has 27 heavy (non-hydrogen) atoms. The number of para-hydroxylation sites is 1. The fraction of sp³-hybridized carbons (Fsp3) is 0.389. The van der Waals surface area contributed by atoms with Crippen LogP contribution in [0.2, 0.25) is 0 Å². The van der Waals surface area contributed by atoms with Crippen LogP contribution in [0.25, 0.3) is 10.9 Å². The van der Waals surface area contributed by atoms with Gasteiger partial charge in [0.2, 0.25) is 5.91 Å². The van der Waals surface area contributed by atoms with E-state index in [2.05, 4.69) is 10.3 Å². The highest BCUT2D eigenvalue weighted by atomic mass is 32.2. The maximum absolute atomic E-state index is 12.3. The van der Waals surface area contributed by atoms with Crippen LogP contribution in [0, 0.1) is 11.5 Å². The van der Waals surface area contributed by atoms with Crippen LogP contribution in [0.4, 0.5) is 0 Å². The number of carbonyl (C=O) groups excluding carboxylic acids is 2. The minimum Gasteiger partial charge on any atom is -0.361 e. The Bertz CT molecular complexity index is 975. The van der Waals surface area contributed by atoms with Crippen molar-refractivity contribution in [2.45, 2.75) is 25.8 Å². The lowest BCUT2D eigenvalue weighted by Gasteiger charge is -2.21. The largest absolute Gasteiger partial charge is 0.361 e.